The van der Waals surface area contributed by atoms with E-state index in [4.69, 9.17) is 15.9 Å². The zero-order valence-electron chi connectivity index (χ0n) is 10.9. The number of piperidine rings is 1. The van der Waals surface area contributed by atoms with E-state index in [1.807, 2.05) is 19.1 Å². The number of nitrogens with one attached hydrogen (secondary N) is 1. The molecule has 5 nitrogen and oxygen atoms in total. The number of nitrogen functional groups attached to an aromatic ring is 1. The van der Waals surface area contributed by atoms with Crippen LogP contribution in [0.15, 0.2) is 12.1 Å². The molecule has 1 aliphatic heterocycles. The Bertz CT molecular complexity index is 439. The summed E-state index contributed by atoms with van der Waals surface area (Å²) in [4.78, 5) is 6.75. The first kappa shape index (κ1) is 12.8. The minimum atomic E-state index is 0.0912. The van der Waals surface area contributed by atoms with E-state index in [1.54, 1.807) is 7.11 Å². The molecule has 1 saturated heterocycles. The van der Waals surface area contributed by atoms with Gasteiger partial charge in [-0.3, -0.25) is 5.41 Å². The Balaban J connectivity index is 2.16. The number of nitrogens with zero attached hydrogens (tertiary/aromatic N) is 2. The molecule has 2 heterocycles. The average molecular weight is 248 g/mol. The van der Waals surface area contributed by atoms with E-state index in [9.17, 15) is 0 Å². The van der Waals surface area contributed by atoms with Gasteiger partial charge in [0.05, 0.1) is 6.10 Å². The lowest BCUT2D eigenvalue weighted by Gasteiger charge is -2.32. The highest BCUT2D eigenvalue weighted by Gasteiger charge is 2.20. The van der Waals surface area contributed by atoms with Gasteiger partial charge in [-0.2, -0.15) is 0 Å². The summed E-state index contributed by atoms with van der Waals surface area (Å²) in [6, 6.07) is 3.73. The van der Waals surface area contributed by atoms with Crippen molar-refractivity contribution in [2.75, 3.05) is 25.1 Å². The molecule has 0 amide bonds. The molecule has 1 aliphatic rings. The zero-order chi connectivity index (χ0) is 13.1. The minimum Gasteiger partial charge on any atom is -0.384 e. The molecule has 1 aromatic heterocycles. The van der Waals surface area contributed by atoms with Crippen LogP contribution in [0.4, 0.5) is 5.82 Å². The molecule has 18 heavy (non-hydrogen) atoms. The Morgan fingerprint density at radius 2 is 2.11 bits per heavy atom. The number of anilines is 1. The fourth-order valence-corrected chi connectivity index (χ4v) is 2.29. The first-order valence-corrected chi connectivity index (χ1v) is 6.21. The van der Waals surface area contributed by atoms with Crippen molar-refractivity contribution in [3.05, 3.63) is 23.4 Å². The predicted molar refractivity (Wildman–Crippen MR) is 72.2 cm³/mol. The van der Waals surface area contributed by atoms with E-state index < -0.39 is 0 Å². The summed E-state index contributed by atoms with van der Waals surface area (Å²) in [5.41, 5.74) is 7.18. The maximum absolute atomic E-state index is 7.52. The van der Waals surface area contributed by atoms with Crippen molar-refractivity contribution in [3.8, 4) is 0 Å². The number of ether oxygens (including phenoxy) is 1. The molecule has 2 rings (SSSR count). The van der Waals surface area contributed by atoms with Gasteiger partial charge in [0, 0.05) is 31.5 Å². The molecule has 0 unspecified atom stereocenters. The standard InChI is InChI=1S/C13H20N4O/c1-9-7-10(13(14)15)8-12(16-9)17-5-3-11(18-2)4-6-17/h7-8,11H,3-6H2,1-2H3,(H3,14,15). The Hall–Kier alpha value is -1.62. The summed E-state index contributed by atoms with van der Waals surface area (Å²) in [5.74, 6) is 1.00. The lowest BCUT2D eigenvalue weighted by atomic mass is 10.1. The van der Waals surface area contributed by atoms with Crippen LogP contribution in [0.2, 0.25) is 0 Å². The number of methoxy groups -OCH3 is 1. The van der Waals surface area contributed by atoms with E-state index in [0.717, 1.165) is 43.0 Å². The van der Waals surface area contributed by atoms with Gasteiger partial charge in [-0.05, 0) is 31.9 Å². The summed E-state index contributed by atoms with van der Waals surface area (Å²) < 4.78 is 5.36. The topological polar surface area (TPSA) is 75.2 Å². The fourth-order valence-electron chi connectivity index (χ4n) is 2.29. The number of amidine groups is 1. The SMILES string of the molecule is COC1CCN(c2cc(C(=N)N)cc(C)n2)CC1. The van der Waals surface area contributed by atoms with E-state index in [2.05, 4.69) is 9.88 Å². The molecule has 0 spiro atoms. The molecule has 1 aromatic rings. The van der Waals surface area contributed by atoms with E-state index in [1.165, 1.54) is 0 Å². The summed E-state index contributed by atoms with van der Waals surface area (Å²) >= 11 is 0. The summed E-state index contributed by atoms with van der Waals surface area (Å²) in [6.45, 7) is 3.80. The van der Waals surface area contributed by atoms with Gasteiger partial charge in [-0.15, -0.1) is 0 Å². The van der Waals surface area contributed by atoms with Crippen LogP contribution < -0.4 is 10.6 Å². The van der Waals surface area contributed by atoms with Crippen molar-refractivity contribution >= 4 is 11.7 Å². The molecule has 5 heteroatoms. The number of pyridine rings is 1. The van der Waals surface area contributed by atoms with Gasteiger partial charge in [-0.1, -0.05) is 0 Å². The number of hydrogen-bond donors (Lipinski definition) is 2. The molecular formula is C13H20N4O. The van der Waals surface area contributed by atoms with Crippen molar-refractivity contribution in [3.63, 3.8) is 0 Å². The quantitative estimate of drug-likeness (QED) is 0.624. The van der Waals surface area contributed by atoms with Crippen LogP contribution in [0.1, 0.15) is 24.1 Å². The minimum absolute atomic E-state index is 0.0912. The van der Waals surface area contributed by atoms with Crippen LogP contribution in [-0.2, 0) is 4.74 Å². The predicted octanol–water partition coefficient (Wildman–Crippen LogP) is 1.29. The Kier molecular flexibility index (Phi) is 3.81. The van der Waals surface area contributed by atoms with Crippen LogP contribution in [0.3, 0.4) is 0 Å². The molecule has 0 saturated carbocycles. The van der Waals surface area contributed by atoms with E-state index in [0.29, 0.717) is 6.10 Å². The van der Waals surface area contributed by atoms with Crippen LogP contribution in [0, 0.1) is 12.3 Å². The highest BCUT2D eigenvalue weighted by molar-refractivity contribution is 5.95. The molecular weight excluding hydrogens is 228 g/mol. The molecule has 0 aromatic carbocycles. The van der Waals surface area contributed by atoms with Crippen molar-refractivity contribution in [2.24, 2.45) is 5.73 Å². The van der Waals surface area contributed by atoms with Crippen molar-refractivity contribution < 1.29 is 4.74 Å². The van der Waals surface area contributed by atoms with Gasteiger partial charge in [-0.25, -0.2) is 4.98 Å². The first-order valence-electron chi connectivity index (χ1n) is 6.21. The number of rotatable bonds is 3. The highest BCUT2D eigenvalue weighted by Crippen LogP contribution is 2.21. The van der Waals surface area contributed by atoms with Gasteiger partial charge < -0.3 is 15.4 Å². The van der Waals surface area contributed by atoms with Crippen LogP contribution in [-0.4, -0.2) is 37.1 Å². The second-order valence-electron chi connectivity index (χ2n) is 4.69. The molecule has 98 valence electrons. The van der Waals surface area contributed by atoms with Crippen LogP contribution >= 0.6 is 0 Å². The lowest BCUT2D eigenvalue weighted by molar-refractivity contribution is 0.0818. The second-order valence-corrected chi connectivity index (χ2v) is 4.69. The Morgan fingerprint density at radius 1 is 1.44 bits per heavy atom. The summed E-state index contributed by atoms with van der Waals surface area (Å²) in [5, 5.41) is 7.52. The lowest BCUT2D eigenvalue weighted by Crippen LogP contribution is -2.37. The molecule has 0 radical (unpaired) electrons. The third-order valence-corrected chi connectivity index (χ3v) is 3.35. The van der Waals surface area contributed by atoms with Gasteiger partial charge in [0.15, 0.2) is 0 Å². The molecule has 0 aliphatic carbocycles. The van der Waals surface area contributed by atoms with Crippen LogP contribution in [0.25, 0.3) is 0 Å². The largest absolute Gasteiger partial charge is 0.384 e. The zero-order valence-corrected chi connectivity index (χ0v) is 10.9. The van der Waals surface area contributed by atoms with Crippen LogP contribution in [0.5, 0.6) is 0 Å². The summed E-state index contributed by atoms with van der Waals surface area (Å²) in [7, 11) is 1.76. The second kappa shape index (κ2) is 5.35. The third kappa shape index (κ3) is 2.79. The molecule has 0 bridgehead atoms. The first-order chi connectivity index (χ1) is 8.60. The smallest absolute Gasteiger partial charge is 0.129 e. The van der Waals surface area contributed by atoms with Crippen molar-refractivity contribution in [1.29, 1.82) is 5.41 Å². The van der Waals surface area contributed by atoms with Gasteiger partial charge in [0.1, 0.15) is 11.7 Å². The number of hydrogen-bond acceptors (Lipinski definition) is 4. The number of nitrogens with two attached hydrogens (primary N) is 1. The number of aromatic nitrogens is 1. The normalized spacial score (nSPS) is 16.9. The molecule has 3 N–H and O–H groups in total. The highest BCUT2D eigenvalue weighted by atomic mass is 16.5. The average Bonchev–Trinajstić information content (AvgIpc) is 2.38. The maximum Gasteiger partial charge on any atom is 0.129 e. The van der Waals surface area contributed by atoms with Crippen molar-refractivity contribution in [1.82, 2.24) is 4.98 Å². The monoisotopic (exact) mass is 248 g/mol. The maximum atomic E-state index is 7.52. The molecule has 1 fully saturated rings. The van der Waals surface area contributed by atoms with Crippen molar-refractivity contribution in [2.45, 2.75) is 25.9 Å². The third-order valence-electron chi connectivity index (χ3n) is 3.35. The van der Waals surface area contributed by atoms with Gasteiger partial charge in [0.2, 0.25) is 0 Å². The van der Waals surface area contributed by atoms with Gasteiger partial charge in [0.25, 0.3) is 0 Å². The van der Waals surface area contributed by atoms with E-state index in [-0.39, 0.29) is 5.84 Å². The van der Waals surface area contributed by atoms with E-state index >= 15 is 0 Å². The Labute approximate surface area is 107 Å². The molecule has 0 atom stereocenters. The van der Waals surface area contributed by atoms with Gasteiger partial charge >= 0.3 is 0 Å². The fraction of sp³-hybridized carbons (Fsp3) is 0.538. The summed E-state index contributed by atoms with van der Waals surface area (Å²) in [6.07, 6.45) is 2.39. The number of aryl methyl sites for hydroxylation is 1. The Morgan fingerprint density at radius 3 is 2.67 bits per heavy atom.